The standard InChI is InChI=1S/C15H25N3O/c1-17(2)13-6-4-12(5-7-13)15-14(16)8-9-18(15)10-11-19-3/h4-7,14-15H,8-11,16H2,1-3H3. The van der Waals surface area contributed by atoms with Crippen molar-refractivity contribution in [2.45, 2.75) is 18.5 Å². The van der Waals surface area contributed by atoms with Gasteiger partial charge in [-0.15, -0.1) is 0 Å². The molecule has 4 nitrogen and oxygen atoms in total. The van der Waals surface area contributed by atoms with Gasteiger partial charge in [0.15, 0.2) is 0 Å². The molecule has 1 aromatic carbocycles. The molecule has 4 heteroatoms. The maximum absolute atomic E-state index is 6.28. The van der Waals surface area contributed by atoms with Crippen molar-refractivity contribution >= 4 is 5.69 Å². The molecule has 19 heavy (non-hydrogen) atoms. The summed E-state index contributed by atoms with van der Waals surface area (Å²) < 4.78 is 5.18. The topological polar surface area (TPSA) is 41.7 Å². The zero-order valence-corrected chi connectivity index (χ0v) is 12.2. The largest absolute Gasteiger partial charge is 0.383 e. The predicted octanol–water partition coefficient (Wildman–Crippen LogP) is 1.47. The Morgan fingerprint density at radius 1 is 1.32 bits per heavy atom. The Morgan fingerprint density at radius 2 is 2.00 bits per heavy atom. The highest BCUT2D eigenvalue weighted by Crippen LogP contribution is 2.31. The van der Waals surface area contributed by atoms with Crippen molar-refractivity contribution in [1.82, 2.24) is 4.90 Å². The quantitative estimate of drug-likeness (QED) is 0.873. The number of hydrogen-bond donors (Lipinski definition) is 1. The average molecular weight is 263 g/mol. The number of nitrogens with zero attached hydrogens (tertiary/aromatic N) is 2. The van der Waals surface area contributed by atoms with E-state index in [9.17, 15) is 0 Å². The molecule has 1 saturated heterocycles. The van der Waals surface area contributed by atoms with Gasteiger partial charge >= 0.3 is 0 Å². The maximum Gasteiger partial charge on any atom is 0.0589 e. The van der Waals surface area contributed by atoms with Gasteiger partial charge in [0.1, 0.15) is 0 Å². The zero-order valence-electron chi connectivity index (χ0n) is 12.2. The van der Waals surface area contributed by atoms with E-state index in [-0.39, 0.29) is 6.04 Å². The highest BCUT2D eigenvalue weighted by Gasteiger charge is 2.32. The fourth-order valence-corrected chi connectivity index (χ4v) is 2.77. The van der Waals surface area contributed by atoms with Crippen LogP contribution in [0.3, 0.4) is 0 Å². The van der Waals surface area contributed by atoms with Gasteiger partial charge in [-0.2, -0.15) is 0 Å². The first kappa shape index (κ1) is 14.3. The molecule has 1 fully saturated rings. The number of anilines is 1. The van der Waals surface area contributed by atoms with E-state index in [1.807, 2.05) is 0 Å². The Labute approximate surface area is 116 Å². The molecule has 2 N–H and O–H groups in total. The van der Waals surface area contributed by atoms with Gasteiger partial charge in [-0.05, 0) is 24.1 Å². The van der Waals surface area contributed by atoms with Crippen molar-refractivity contribution in [3.63, 3.8) is 0 Å². The second kappa shape index (κ2) is 6.37. The molecule has 2 rings (SSSR count). The molecule has 0 bridgehead atoms. The van der Waals surface area contributed by atoms with Crippen LogP contribution in [0.25, 0.3) is 0 Å². The Bertz CT molecular complexity index is 391. The highest BCUT2D eigenvalue weighted by molar-refractivity contribution is 5.46. The number of likely N-dealkylation sites (tertiary alicyclic amines) is 1. The fraction of sp³-hybridized carbons (Fsp3) is 0.600. The van der Waals surface area contributed by atoms with Crippen molar-refractivity contribution < 1.29 is 4.74 Å². The monoisotopic (exact) mass is 263 g/mol. The molecular weight excluding hydrogens is 238 g/mol. The number of rotatable bonds is 5. The minimum absolute atomic E-state index is 0.224. The molecule has 2 unspecified atom stereocenters. The molecular formula is C15H25N3O. The van der Waals surface area contributed by atoms with Crippen LogP contribution in [0.2, 0.25) is 0 Å². The number of benzene rings is 1. The molecule has 1 aliphatic heterocycles. The van der Waals surface area contributed by atoms with Crippen LogP contribution in [-0.4, -0.2) is 51.8 Å². The highest BCUT2D eigenvalue weighted by atomic mass is 16.5. The summed E-state index contributed by atoms with van der Waals surface area (Å²) in [6.45, 7) is 2.77. The Kier molecular flexibility index (Phi) is 4.80. The van der Waals surface area contributed by atoms with Crippen LogP contribution < -0.4 is 10.6 Å². The molecule has 1 aromatic rings. The molecule has 1 aliphatic rings. The first-order valence-corrected chi connectivity index (χ1v) is 6.89. The van der Waals surface area contributed by atoms with Gasteiger partial charge in [0.2, 0.25) is 0 Å². The van der Waals surface area contributed by atoms with E-state index in [4.69, 9.17) is 10.5 Å². The third-order valence-electron chi connectivity index (χ3n) is 3.88. The summed E-state index contributed by atoms with van der Waals surface area (Å²) in [5, 5.41) is 0. The van der Waals surface area contributed by atoms with E-state index in [2.05, 4.69) is 48.2 Å². The molecule has 0 saturated carbocycles. The predicted molar refractivity (Wildman–Crippen MR) is 79.6 cm³/mol. The number of ether oxygens (including phenoxy) is 1. The minimum atomic E-state index is 0.224. The molecule has 0 aliphatic carbocycles. The second-order valence-electron chi connectivity index (χ2n) is 5.41. The number of methoxy groups -OCH3 is 1. The van der Waals surface area contributed by atoms with Crippen molar-refractivity contribution in [1.29, 1.82) is 0 Å². The number of hydrogen-bond acceptors (Lipinski definition) is 4. The molecule has 1 heterocycles. The third kappa shape index (κ3) is 3.26. The summed E-state index contributed by atoms with van der Waals surface area (Å²) in [7, 11) is 5.86. The number of nitrogens with two attached hydrogens (primary N) is 1. The summed E-state index contributed by atoms with van der Waals surface area (Å²) in [6, 6.07) is 9.27. The van der Waals surface area contributed by atoms with E-state index in [1.165, 1.54) is 11.3 Å². The summed E-state index contributed by atoms with van der Waals surface area (Å²) in [6.07, 6.45) is 1.06. The summed E-state index contributed by atoms with van der Waals surface area (Å²) in [5.74, 6) is 0. The van der Waals surface area contributed by atoms with Crippen molar-refractivity contribution in [2.75, 3.05) is 45.8 Å². The molecule has 106 valence electrons. The second-order valence-corrected chi connectivity index (χ2v) is 5.41. The van der Waals surface area contributed by atoms with Crippen LogP contribution in [0.5, 0.6) is 0 Å². The van der Waals surface area contributed by atoms with Gasteiger partial charge in [0, 0.05) is 46.0 Å². The summed E-state index contributed by atoms with van der Waals surface area (Å²) in [4.78, 5) is 4.54. The van der Waals surface area contributed by atoms with Gasteiger partial charge in [-0.1, -0.05) is 12.1 Å². The first-order valence-electron chi connectivity index (χ1n) is 6.89. The molecule has 0 radical (unpaired) electrons. The van der Waals surface area contributed by atoms with Crippen LogP contribution in [0, 0.1) is 0 Å². The normalized spacial score (nSPS) is 23.8. The van der Waals surface area contributed by atoms with Crippen LogP contribution in [0.1, 0.15) is 18.0 Å². The van der Waals surface area contributed by atoms with Gasteiger partial charge in [-0.25, -0.2) is 0 Å². The van der Waals surface area contributed by atoms with Crippen molar-refractivity contribution in [3.05, 3.63) is 29.8 Å². The Balaban J connectivity index is 2.13. The fourth-order valence-electron chi connectivity index (χ4n) is 2.77. The SMILES string of the molecule is COCCN1CCC(N)C1c1ccc(N(C)C)cc1. The smallest absolute Gasteiger partial charge is 0.0589 e. The lowest BCUT2D eigenvalue weighted by molar-refractivity contribution is 0.139. The molecule has 0 spiro atoms. The van der Waals surface area contributed by atoms with Crippen LogP contribution in [0.4, 0.5) is 5.69 Å². The minimum Gasteiger partial charge on any atom is -0.383 e. The van der Waals surface area contributed by atoms with Crippen molar-refractivity contribution in [2.24, 2.45) is 5.73 Å². The van der Waals surface area contributed by atoms with Gasteiger partial charge in [-0.3, -0.25) is 4.90 Å². The Morgan fingerprint density at radius 3 is 2.58 bits per heavy atom. The Hall–Kier alpha value is -1.10. The lowest BCUT2D eigenvalue weighted by Gasteiger charge is -2.27. The van der Waals surface area contributed by atoms with Crippen LogP contribution in [-0.2, 0) is 4.74 Å². The summed E-state index contributed by atoms with van der Waals surface area (Å²) >= 11 is 0. The van der Waals surface area contributed by atoms with Gasteiger partial charge in [0.25, 0.3) is 0 Å². The van der Waals surface area contributed by atoms with Gasteiger partial charge < -0.3 is 15.4 Å². The molecule has 2 atom stereocenters. The average Bonchev–Trinajstić information content (AvgIpc) is 2.77. The maximum atomic E-state index is 6.28. The lowest BCUT2D eigenvalue weighted by atomic mass is 10.0. The molecule has 0 aromatic heterocycles. The van der Waals surface area contributed by atoms with Gasteiger partial charge in [0.05, 0.1) is 12.6 Å². The van der Waals surface area contributed by atoms with E-state index < -0.39 is 0 Å². The molecule has 0 amide bonds. The zero-order chi connectivity index (χ0) is 13.8. The van der Waals surface area contributed by atoms with Crippen LogP contribution in [0.15, 0.2) is 24.3 Å². The van der Waals surface area contributed by atoms with Crippen LogP contribution >= 0.6 is 0 Å². The third-order valence-corrected chi connectivity index (χ3v) is 3.88. The first-order chi connectivity index (χ1) is 9.13. The van der Waals surface area contributed by atoms with E-state index in [0.29, 0.717) is 6.04 Å². The van der Waals surface area contributed by atoms with Crippen molar-refractivity contribution in [3.8, 4) is 0 Å². The lowest BCUT2D eigenvalue weighted by Crippen LogP contribution is -2.33. The van der Waals surface area contributed by atoms with E-state index >= 15 is 0 Å². The van der Waals surface area contributed by atoms with E-state index in [1.54, 1.807) is 7.11 Å². The van der Waals surface area contributed by atoms with E-state index in [0.717, 1.165) is 26.1 Å². The summed E-state index contributed by atoms with van der Waals surface area (Å²) in [5.41, 5.74) is 8.81.